The summed E-state index contributed by atoms with van der Waals surface area (Å²) < 4.78 is 14.5. The maximum atomic E-state index is 4.67. The van der Waals surface area contributed by atoms with Crippen molar-refractivity contribution in [3.63, 3.8) is 0 Å². The van der Waals surface area contributed by atoms with Crippen molar-refractivity contribution < 1.29 is 0 Å². The van der Waals surface area contributed by atoms with E-state index in [0.717, 1.165) is 28.2 Å². The summed E-state index contributed by atoms with van der Waals surface area (Å²) in [7, 11) is 0. The number of para-hydroxylation sites is 6. The molecule has 0 radical (unpaired) electrons. The molecule has 0 amide bonds. The summed E-state index contributed by atoms with van der Waals surface area (Å²) in [5, 5.41) is 15.2. The first kappa shape index (κ1) is 80.8. The average molecular weight is 1780 g/mol. The van der Waals surface area contributed by atoms with Gasteiger partial charge in [0.1, 0.15) is 5.82 Å². The summed E-state index contributed by atoms with van der Waals surface area (Å²) in [6.07, 6.45) is 1.85. The van der Waals surface area contributed by atoms with E-state index in [0.29, 0.717) is 0 Å². The highest BCUT2D eigenvalue weighted by Crippen LogP contribution is 2.46. The topological polar surface area (TPSA) is 37.5 Å². The van der Waals surface area contributed by atoms with Crippen LogP contribution in [0.3, 0.4) is 0 Å². The number of aromatic nitrogens is 6. The van der Waals surface area contributed by atoms with Crippen LogP contribution in [0.25, 0.3) is 247 Å². The molecule has 7 aromatic heterocycles. The van der Waals surface area contributed by atoms with E-state index in [9.17, 15) is 0 Å². The minimum absolute atomic E-state index is 0.928. The highest BCUT2D eigenvalue weighted by Gasteiger charge is 2.23. The highest BCUT2D eigenvalue weighted by molar-refractivity contribution is 7.26. The standard InChI is InChI=1S/C48H32N2.C42H27NS.C41H27N3/c1-3-12-33(13-4-1)36-14-11-17-40(30-36)50-45-20-9-7-18-41(45)43-28-26-38(32-48(43)50)35-24-22-34(23-25-35)37-27-29-47-44(31-37)42-19-8-10-21-46(42)49(47)39-15-5-2-6-16-39;1-2-9-28(10-3-1)29-21-24-33(25-22-29)43-39-15-6-4-11-35(39)38-27-32(23-26-40(38)43)30-17-19-31(20-18-30)34-13-8-14-37-36-12-5-7-16-41(36)44-42(34)37;1-2-10-28(11-3-1)29-17-21-32(22-18-29)43-37-14-6-4-12-33(37)35-26-30(19-23-39(35)43)31-20-24-40-36(27-31)34-13-5-7-15-38(34)44(40)41-16-8-9-25-42-41/h1-32H;2*1-27H. The molecule has 0 bridgehead atoms. The number of benzene rings is 21. The van der Waals surface area contributed by atoms with E-state index in [2.05, 4.69) is 531 Å². The summed E-state index contributed by atoms with van der Waals surface area (Å²) in [6, 6.07) is 186. The lowest BCUT2D eigenvalue weighted by molar-refractivity contribution is 1.08. The Bertz CT molecular complexity index is 9520. The van der Waals surface area contributed by atoms with Gasteiger partial charge in [0.15, 0.2) is 0 Å². The molecule has 28 rings (SSSR count). The van der Waals surface area contributed by atoms with E-state index < -0.39 is 0 Å². The Labute approximate surface area is 801 Å². The Morgan fingerprint density at radius 3 is 0.877 bits per heavy atom. The van der Waals surface area contributed by atoms with Crippen molar-refractivity contribution in [2.45, 2.75) is 0 Å². The Kier molecular flexibility index (Phi) is 20.0. The molecule has 0 saturated heterocycles. The first-order valence-corrected chi connectivity index (χ1v) is 48.0. The second kappa shape index (κ2) is 34.2. The molecule has 0 aliphatic carbocycles. The lowest BCUT2D eigenvalue weighted by Crippen LogP contribution is -1.96. The summed E-state index contributed by atoms with van der Waals surface area (Å²) >= 11 is 1.88. The zero-order valence-corrected chi connectivity index (χ0v) is 76.1. The summed E-state index contributed by atoms with van der Waals surface area (Å²) in [5.74, 6) is 0.928. The van der Waals surface area contributed by atoms with Crippen molar-refractivity contribution in [3.8, 4) is 118 Å². The summed E-state index contributed by atoms with van der Waals surface area (Å²) in [4.78, 5) is 4.67. The Morgan fingerprint density at radius 2 is 0.420 bits per heavy atom. The Hall–Kier alpha value is -18.0. The number of pyridine rings is 1. The number of nitrogens with zero attached hydrogens (tertiary/aromatic N) is 6. The van der Waals surface area contributed by atoms with Crippen LogP contribution in [0, 0.1) is 0 Å². The molecule has 0 N–H and O–H groups in total. The molecule has 0 atom stereocenters. The normalized spacial score (nSPS) is 11.6. The van der Waals surface area contributed by atoms with E-state index >= 15 is 0 Å². The van der Waals surface area contributed by atoms with Crippen LogP contribution >= 0.6 is 11.3 Å². The molecule has 6 nitrogen and oxygen atoms in total. The van der Waals surface area contributed by atoms with Gasteiger partial charge < -0.3 is 18.3 Å². The fourth-order valence-electron chi connectivity index (χ4n) is 21.2. The van der Waals surface area contributed by atoms with Crippen molar-refractivity contribution in [2.75, 3.05) is 0 Å². The summed E-state index contributed by atoms with van der Waals surface area (Å²) in [6.45, 7) is 0. The van der Waals surface area contributed by atoms with Gasteiger partial charge in [-0.1, -0.05) is 364 Å². The van der Waals surface area contributed by atoms with E-state index in [-0.39, 0.29) is 0 Å². The minimum atomic E-state index is 0.928. The predicted molar refractivity (Wildman–Crippen MR) is 585 cm³/mol. The molecule has 7 heterocycles. The molecule has 0 aliphatic heterocycles. The molecule has 646 valence electrons. The first-order valence-electron chi connectivity index (χ1n) is 47.2. The fourth-order valence-corrected chi connectivity index (χ4v) is 22.4. The van der Waals surface area contributed by atoms with Gasteiger partial charge in [0.2, 0.25) is 0 Å². The van der Waals surface area contributed by atoms with Crippen molar-refractivity contribution in [1.82, 2.24) is 27.8 Å². The smallest absolute Gasteiger partial charge is 0.137 e. The van der Waals surface area contributed by atoms with Gasteiger partial charge in [-0.05, 0) is 241 Å². The molecule has 0 fully saturated rings. The van der Waals surface area contributed by atoms with Gasteiger partial charge >= 0.3 is 0 Å². The molecular weight excluding hydrogens is 1690 g/mol. The van der Waals surface area contributed by atoms with E-state index in [4.69, 9.17) is 0 Å². The quantitative estimate of drug-likeness (QED) is 0.113. The van der Waals surface area contributed by atoms with Crippen LogP contribution < -0.4 is 0 Å². The van der Waals surface area contributed by atoms with Crippen LogP contribution in [0.5, 0.6) is 0 Å². The predicted octanol–water partition coefficient (Wildman–Crippen LogP) is 35.6. The minimum Gasteiger partial charge on any atom is -0.309 e. The number of fused-ring (bicyclic) bond motifs is 18. The largest absolute Gasteiger partial charge is 0.309 e. The van der Waals surface area contributed by atoms with Crippen molar-refractivity contribution in [1.29, 1.82) is 0 Å². The van der Waals surface area contributed by atoms with E-state index in [1.54, 1.807) is 0 Å². The van der Waals surface area contributed by atoms with Gasteiger partial charge in [-0.2, -0.15) is 0 Å². The van der Waals surface area contributed by atoms with Gasteiger partial charge in [0.25, 0.3) is 0 Å². The molecule has 0 spiro atoms. The van der Waals surface area contributed by atoms with Crippen LogP contribution in [0.4, 0.5) is 0 Å². The molecule has 0 saturated carbocycles. The number of hydrogen-bond donors (Lipinski definition) is 0. The van der Waals surface area contributed by atoms with Gasteiger partial charge in [0, 0.05) is 103 Å². The van der Waals surface area contributed by atoms with Crippen LogP contribution in [-0.2, 0) is 0 Å². The van der Waals surface area contributed by atoms with E-state index in [1.165, 1.54) is 219 Å². The molecule has 0 unspecified atom stereocenters. The zero-order valence-electron chi connectivity index (χ0n) is 75.2. The van der Waals surface area contributed by atoms with Crippen LogP contribution in [0.1, 0.15) is 0 Å². The number of thiophene rings is 1. The SMILES string of the molecule is c1ccc(-c2ccc(-n3c4ccccc4c4cc(-c5ccc(-c6cccc7c6sc6ccccc67)cc5)ccc43)cc2)cc1.c1ccc(-c2ccc(-n3c4ccccc4c4cc(-c5ccc6c(c5)c5ccccc5n6-c5ccccn5)ccc43)cc2)cc1.c1ccc(-c2cccc(-n3c4ccccc4c4ccc(-c5ccc(-c6ccc7c(c6)c6ccccc6n7-c6ccccc6)cc5)cc43)c2)cc1. The van der Waals surface area contributed by atoms with Crippen LogP contribution in [0.2, 0.25) is 0 Å². The molecular formula is C131H86N6S. The number of rotatable bonds is 13. The lowest BCUT2D eigenvalue weighted by atomic mass is 9.98. The maximum Gasteiger partial charge on any atom is 0.137 e. The van der Waals surface area contributed by atoms with Crippen molar-refractivity contribution in [3.05, 3.63) is 522 Å². The van der Waals surface area contributed by atoms with Crippen LogP contribution in [-0.4, -0.2) is 27.8 Å². The third kappa shape index (κ3) is 14.2. The third-order valence-corrected chi connectivity index (χ3v) is 29.0. The molecule has 138 heavy (non-hydrogen) atoms. The van der Waals surface area contributed by atoms with Gasteiger partial charge in [-0.3, -0.25) is 4.57 Å². The second-order valence-electron chi connectivity index (χ2n) is 35.6. The van der Waals surface area contributed by atoms with Crippen LogP contribution in [0.15, 0.2) is 522 Å². The van der Waals surface area contributed by atoms with E-state index in [1.807, 2.05) is 29.7 Å². The van der Waals surface area contributed by atoms with Gasteiger partial charge in [-0.15, -0.1) is 11.3 Å². The third-order valence-electron chi connectivity index (χ3n) is 27.8. The summed E-state index contributed by atoms with van der Waals surface area (Å²) in [5.41, 5.74) is 36.3. The molecule has 7 heteroatoms. The maximum absolute atomic E-state index is 4.67. The molecule has 28 aromatic rings. The zero-order chi connectivity index (χ0) is 91.1. The first-order chi connectivity index (χ1) is 68.4. The van der Waals surface area contributed by atoms with Crippen molar-refractivity contribution >= 4 is 141 Å². The highest BCUT2D eigenvalue weighted by atomic mass is 32.1. The molecule has 0 aliphatic rings. The van der Waals surface area contributed by atoms with Gasteiger partial charge in [0.05, 0.1) is 55.2 Å². The average Bonchev–Trinajstić information content (AvgIpc) is 1.59. The molecule has 21 aromatic carbocycles. The lowest BCUT2D eigenvalue weighted by Gasteiger charge is -2.11. The number of hydrogen-bond acceptors (Lipinski definition) is 2. The van der Waals surface area contributed by atoms with Gasteiger partial charge in [-0.25, -0.2) is 4.98 Å². The van der Waals surface area contributed by atoms with Crippen molar-refractivity contribution in [2.24, 2.45) is 0 Å². The Balaban J connectivity index is 0.000000107. The second-order valence-corrected chi connectivity index (χ2v) is 36.7. The monoisotopic (exact) mass is 1770 g/mol. The Morgan fingerprint density at radius 1 is 0.145 bits per heavy atom. The fraction of sp³-hybridized carbons (Fsp3) is 0.